The molecule has 0 aliphatic heterocycles. The Bertz CT molecular complexity index is 1380. The van der Waals surface area contributed by atoms with Gasteiger partial charge in [0.05, 0.1) is 20.8 Å². The van der Waals surface area contributed by atoms with Gasteiger partial charge in [0.1, 0.15) is 18.0 Å². The third-order valence-corrected chi connectivity index (χ3v) is 6.75. The van der Waals surface area contributed by atoms with Gasteiger partial charge in [-0.25, -0.2) is 0 Å². The summed E-state index contributed by atoms with van der Waals surface area (Å²) in [6, 6.07) is 22.7. The molecule has 0 fully saturated rings. The van der Waals surface area contributed by atoms with E-state index < -0.39 is 0 Å². The Morgan fingerprint density at radius 3 is 2.28 bits per heavy atom. The highest BCUT2D eigenvalue weighted by molar-refractivity contribution is 5.96. The Labute approximate surface area is 229 Å². The zero-order chi connectivity index (χ0) is 27.6. The van der Waals surface area contributed by atoms with Crippen molar-refractivity contribution in [3.8, 4) is 11.5 Å². The van der Waals surface area contributed by atoms with Crippen molar-refractivity contribution < 1.29 is 23.8 Å². The lowest BCUT2D eigenvalue weighted by molar-refractivity contribution is -0.132. The van der Waals surface area contributed by atoms with Crippen molar-refractivity contribution in [3.05, 3.63) is 95.7 Å². The summed E-state index contributed by atoms with van der Waals surface area (Å²) in [5, 5.41) is 1.14. The number of nitrogens with one attached hydrogen (secondary N) is 1. The lowest BCUT2D eigenvalue weighted by Gasteiger charge is -2.28. The molecule has 1 aromatic heterocycles. The molecule has 0 unspecified atom stereocenters. The summed E-state index contributed by atoms with van der Waals surface area (Å²) in [6.45, 7) is 1.37. The average Bonchev–Trinajstić information content (AvgIpc) is 3.40. The zero-order valence-electron chi connectivity index (χ0n) is 22.7. The molecule has 0 bridgehead atoms. The van der Waals surface area contributed by atoms with Gasteiger partial charge >= 0.3 is 0 Å². The monoisotopic (exact) mass is 529 g/mol. The second kappa shape index (κ2) is 13.5. The van der Waals surface area contributed by atoms with Crippen LogP contribution in [0, 0.1) is 0 Å². The lowest BCUT2D eigenvalue weighted by atomic mass is 10.1. The molecule has 1 heterocycles. The third kappa shape index (κ3) is 6.97. The van der Waals surface area contributed by atoms with Crippen LogP contribution in [0.15, 0.2) is 79.0 Å². The summed E-state index contributed by atoms with van der Waals surface area (Å²) < 4.78 is 16.0. The molecule has 2 amide bonds. The van der Waals surface area contributed by atoms with Gasteiger partial charge < -0.3 is 29.0 Å². The van der Waals surface area contributed by atoms with Crippen LogP contribution < -0.4 is 9.47 Å². The van der Waals surface area contributed by atoms with Gasteiger partial charge in [-0.2, -0.15) is 0 Å². The maximum Gasteiger partial charge on any atom is 0.254 e. The molecule has 0 saturated heterocycles. The zero-order valence-corrected chi connectivity index (χ0v) is 22.7. The number of carbonyl (C=O) groups excluding carboxylic acids is 2. The Kier molecular flexibility index (Phi) is 9.58. The highest BCUT2D eigenvalue weighted by Gasteiger charge is 2.23. The van der Waals surface area contributed by atoms with Crippen molar-refractivity contribution in [2.45, 2.75) is 13.0 Å². The number of amides is 2. The molecule has 0 aliphatic rings. The molecule has 0 spiro atoms. The SMILES string of the molecule is COCCN(CC(=O)N(CCc1c[nH]c2ccccc12)Cc1ccccc1OC)C(=O)c1ccc(OC)cc1. The van der Waals surface area contributed by atoms with Crippen LogP contribution in [0.4, 0.5) is 0 Å². The standard InChI is InChI=1S/C31H35N3O5/c1-37-19-18-34(31(36)23-12-14-26(38-2)15-13-23)22-30(35)33(21-25-8-4-7-11-29(25)39-3)17-16-24-20-32-28-10-6-5-9-27(24)28/h4-15,20,32H,16-19,21-22H2,1-3H3. The van der Waals surface area contributed by atoms with Gasteiger partial charge in [0.25, 0.3) is 5.91 Å². The van der Waals surface area contributed by atoms with E-state index in [-0.39, 0.29) is 24.9 Å². The van der Waals surface area contributed by atoms with Crippen molar-refractivity contribution in [1.82, 2.24) is 14.8 Å². The number of hydrogen-bond donors (Lipinski definition) is 1. The summed E-state index contributed by atoms with van der Waals surface area (Å²) >= 11 is 0. The molecule has 204 valence electrons. The van der Waals surface area contributed by atoms with Crippen molar-refractivity contribution in [1.29, 1.82) is 0 Å². The van der Waals surface area contributed by atoms with E-state index in [1.165, 1.54) is 4.90 Å². The van der Waals surface area contributed by atoms with Gasteiger partial charge in [-0.1, -0.05) is 36.4 Å². The van der Waals surface area contributed by atoms with Crippen LogP contribution in [0.3, 0.4) is 0 Å². The van der Waals surface area contributed by atoms with Crippen LogP contribution in [0.1, 0.15) is 21.5 Å². The molecule has 1 N–H and O–H groups in total. The summed E-state index contributed by atoms with van der Waals surface area (Å²) in [5.74, 6) is 0.981. The summed E-state index contributed by atoms with van der Waals surface area (Å²) in [6.07, 6.45) is 2.66. The maximum absolute atomic E-state index is 13.8. The first-order valence-electron chi connectivity index (χ1n) is 12.9. The summed E-state index contributed by atoms with van der Waals surface area (Å²) in [5.41, 5.74) is 3.58. The van der Waals surface area contributed by atoms with E-state index in [0.717, 1.165) is 22.0 Å². The number of hydrogen-bond acceptors (Lipinski definition) is 5. The minimum absolute atomic E-state index is 0.0722. The van der Waals surface area contributed by atoms with Gasteiger partial charge in [0.2, 0.25) is 5.91 Å². The second-order valence-corrected chi connectivity index (χ2v) is 9.18. The molecule has 4 aromatic rings. The van der Waals surface area contributed by atoms with Crippen LogP contribution in [0.5, 0.6) is 11.5 Å². The molecule has 0 atom stereocenters. The first-order chi connectivity index (χ1) is 19.0. The molecular formula is C31H35N3O5. The smallest absolute Gasteiger partial charge is 0.254 e. The first kappa shape index (κ1) is 27.7. The molecule has 3 aromatic carbocycles. The predicted octanol–water partition coefficient (Wildman–Crippen LogP) is 4.55. The van der Waals surface area contributed by atoms with E-state index in [4.69, 9.17) is 14.2 Å². The number of rotatable bonds is 13. The normalized spacial score (nSPS) is 10.8. The number of aromatic amines is 1. The van der Waals surface area contributed by atoms with Crippen molar-refractivity contribution >= 4 is 22.7 Å². The van der Waals surface area contributed by atoms with E-state index in [1.807, 2.05) is 48.7 Å². The number of carbonyl (C=O) groups is 2. The largest absolute Gasteiger partial charge is 0.497 e. The number of nitrogens with zero attached hydrogens (tertiary/aromatic N) is 2. The lowest BCUT2D eigenvalue weighted by Crippen LogP contribution is -2.44. The number of ether oxygens (including phenoxy) is 3. The van der Waals surface area contributed by atoms with Crippen molar-refractivity contribution in [3.63, 3.8) is 0 Å². The average molecular weight is 530 g/mol. The number of H-pyrrole nitrogens is 1. The third-order valence-electron chi connectivity index (χ3n) is 6.75. The summed E-state index contributed by atoms with van der Waals surface area (Å²) in [4.78, 5) is 33.8. The van der Waals surface area contributed by atoms with Gasteiger partial charge in [-0.05, 0) is 48.4 Å². The molecule has 8 nitrogen and oxygen atoms in total. The Morgan fingerprint density at radius 1 is 0.795 bits per heavy atom. The molecule has 39 heavy (non-hydrogen) atoms. The van der Waals surface area contributed by atoms with Crippen molar-refractivity contribution in [2.24, 2.45) is 0 Å². The van der Waals surface area contributed by atoms with Crippen LogP contribution in [-0.4, -0.2) is 74.2 Å². The molecular weight excluding hydrogens is 494 g/mol. The van der Waals surface area contributed by atoms with Crippen LogP contribution in [0.2, 0.25) is 0 Å². The number of fused-ring (bicyclic) bond motifs is 1. The summed E-state index contributed by atoms with van der Waals surface area (Å²) in [7, 11) is 4.77. The second-order valence-electron chi connectivity index (χ2n) is 9.18. The van der Waals surface area contributed by atoms with E-state index in [9.17, 15) is 9.59 Å². The fourth-order valence-electron chi connectivity index (χ4n) is 4.56. The quantitative estimate of drug-likeness (QED) is 0.275. The number of para-hydroxylation sites is 2. The van der Waals surface area contributed by atoms with Crippen LogP contribution >= 0.6 is 0 Å². The Hall–Kier alpha value is -4.30. The minimum atomic E-state index is -0.239. The first-order valence-corrected chi connectivity index (χ1v) is 12.9. The fourth-order valence-corrected chi connectivity index (χ4v) is 4.56. The Balaban J connectivity index is 1.56. The molecule has 4 rings (SSSR count). The Morgan fingerprint density at radius 2 is 1.54 bits per heavy atom. The molecule has 8 heteroatoms. The number of methoxy groups -OCH3 is 3. The van der Waals surface area contributed by atoms with Gasteiger partial charge in [0, 0.05) is 55.0 Å². The highest BCUT2D eigenvalue weighted by atomic mass is 16.5. The van der Waals surface area contributed by atoms with Gasteiger partial charge in [-0.15, -0.1) is 0 Å². The van der Waals surface area contributed by atoms with Gasteiger partial charge in [0.15, 0.2) is 0 Å². The topological polar surface area (TPSA) is 84.1 Å². The molecule has 0 radical (unpaired) electrons. The molecule has 0 saturated carbocycles. The minimum Gasteiger partial charge on any atom is -0.497 e. The van der Waals surface area contributed by atoms with E-state index in [1.54, 1.807) is 50.5 Å². The maximum atomic E-state index is 13.8. The van der Waals surface area contributed by atoms with Crippen molar-refractivity contribution in [2.75, 3.05) is 47.6 Å². The predicted molar refractivity (Wildman–Crippen MR) is 151 cm³/mol. The number of benzene rings is 3. The van der Waals surface area contributed by atoms with Crippen LogP contribution in [-0.2, 0) is 22.5 Å². The van der Waals surface area contributed by atoms with Crippen LogP contribution in [0.25, 0.3) is 10.9 Å². The van der Waals surface area contributed by atoms with E-state index >= 15 is 0 Å². The molecule has 0 aliphatic carbocycles. The fraction of sp³-hybridized carbons (Fsp3) is 0.290. The van der Waals surface area contributed by atoms with Gasteiger partial charge in [-0.3, -0.25) is 9.59 Å². The van der Waals surface area contributed by atoms with E-state index in [2.05, 4.69) is 11.1 Å². The van der Waals surface area contributed by atoms with E-state index in [0.29, 0.717) is 43.2 Å². The highest BCUT2D eigenvalue weighted by Crippen LogP contribution is 2.22. The number of aromatic nitrogens is 1.